The molecule has 3 rings (SSSR count). The summed E-state index contributed by atoms with van der Waals surface area (Å²) in [6, 6.07) is 5.53. The molecule has 1 amide bonds. The maximum atomic E-state index is 12.4. The lowest BCUT2D eigenvalue weighted by Crippen LogP contribution is -2.40. The first-order chi connectivity index (χ1) is 11.9. The molecule has 0 saturated carbocycles. The van der Waals surface area contributed by atoms with E-state index in [2.05, 4.69) is 14.8 Å². The Labute approximate surface area is 139 Å². The van der Waals surface area contributed by atoms with Gasteiger partial charge in [0, 0.05) is 6.08 Å². The molecule has 1 fully saturated rings. The number of carboxylic acid groups (broad SMARTS) is 2. The van der Waals surface area contributed by atoms with Crippen molar-refractivity contribution in [1.29, 1.82) is 0 Å². The lowest BCUT2D eigenvalue weighted by molar-refractivity contribution is -0.116. The molecular weight excluding hydrogens is 338 g/mol. The SMILES string of the molecule is O=C(O)Oc1ccccc1C(=O)NC1=CC(=O)C2OC2C1OC(=O)O. The van der Waals surface area contributed by atoms with E-state index < -0.39 is 42.3 Å². The van der Waals surface area contributed by atoms with Crippen molar-refractivity contribution in [2.75, 3.05) is 0 Å². The molecule has 3 atom stereocenters. The maximum Gasteiger partial charge on any atom is 0.511 e. The standard InChI is InChI=1S/C15H11NO9/c17-8-5-7(10(25-15(21)22)12-11(8)24-12)16-13(18)6-3-1-2-4-9(6)23-14(19)20/h1-5,10-12H,(H,16,18)(H,19,20)(H,21,22). The number of ether oxygens (including phenoxy) is 3. The van der Waals surface area contributed by atoms with Crippen molar-refractivity contribution in [3.8, 4) is 5.75 Å². The third-order valence-electron chi connectivity index (χ3n) is 3.52. The summed E-state index contributed by atoms with van der Waals surface area (Å²) < 4.78 is 14.2. The van der Waals surface area contributed by atoms with Gasteiger partial charge in [-0.2, -0.15) is 0 Å². The summed E-state index contributed by atoms with van der Waals surface area (Å²) >= 11 is 0. The summed E-state index contributed by atoms with van der Waals surface area (Å²) in [5, 5.41) is 19.8. The van der Waals surface area contributed by atoms with Crippen LogP contribution in [0.4, 0.5) is 9.59 Å². The Morgan fingerprint density at radius 2 is 1.84 bits per heavy atom. The Kier molecular flexibility index (Phi) is 4.11. The first kappa shape index (κ1) is 16.5. The molecule has 2 aliphatic rings. The molecule has 1 aromatic rings. The molecule has 10 heteroatoms. The maximum absolute atomic E-state index is 12.4. The quantitative estimate of drug-likeness (QED) is 0.406. The van der Waals surface area contributed by atoms with Crippen molar-refractivity contribution >= 4 is 24.0 Å². The number of ketones is 1. The highest BCUT2D eigenvalue weighted by molar-refractivity contribution is 6.02. The molecule has 0 radical (unpaired) electrons. The smallest absolute Gasteiger partial charge is 0.450 e. The van der Waals surface area contributed by atoms with Crippen LogP contribution in [0.25, 0.3) is 0 Å². The first-order valence-electron chi connectivity index (χ1n) is 6.98. The summed E-state index contributed by atoms with van der Waals surface area (Å²) in [6.07, 6.45) is -4.92. The number of amides is 1. The van der Waals surface area contributed by atoms with E-state index in [1.54, 1.807) is 0 Å². The number of fused-ring (bicyclic) bond motifs is 1. The minimum absolute atomic E-state index is 0.0960. The van der Waals surface area contributed by atoms with Gasteiger partial charge in [-0.1, -0.05) is 12.1 Å². The highest BCUT2D eigenvalue weighted by Crippen LogP contribution is 2.35. The molecule has 1 saturated heterocycles. The highest BCUT2D eigenvalue weighted by atomic mass is 16.7. The van der Waals surface area contributed by atoms with E-state index in [1.807, 2.05) is 0 Å². The molecule has 1 aromatic carbocycles. The van der Waals surface area contributed by atoms with E-state index in [1.165, 1.54) is 24.3 Å². The highest BCUT2D eigenvalue weighted by Gasteiger charge is 2.55. The van der Waals surface area contributed by atoms with E-state index in [9.17, 15) is 19.2 Å². The van der Waals surface area contributed by atoms with Gasteiger partial charge in [-0.05, 0) is 12.1 Å². The number of nitrogens with one attached hydrogen (secondary N) is 1. The number of hydrogen-bond acceptors (Lipinski definition) is 7. The molecule has 0 spiro atoms. The monoisotopic (exact) mass is 349 g/mol. The molecule has 0 bridgehead atoms. The van der Waals surface area contributed by atoms with Crippen molar-refractivity contribution in [2.45, 2.75) is 18.3 Å². The Bertz CT molecular complexity index is 800. The van der Waals surface area contributed by atoms with Crippen LogP contribution in [-0.2, 0) is 14.3 Å². The van der Waals surface area contributed by atoms with Crippen molar-refractivity contribution < 1.29 is 43.6 Å². The first-order valence-corrected chi connectivity index (χ1v) is 6.98. The lowest BCUT2D eigenvalue weighted by Gasteiger charge is -2.21. The van der Waals surface area contributed by atoms with Gasteiger partial charge in [0.2, 0.25) is 0 Å². The summed E-state index contributed by atoms with van der Waals surface area (Å²) in [5.41, 5.74) is -0.215. The van der Waals surface area contributed by atoms with E-state index in [0.29, 0.717) is 0 Å². The zero-order valence-electron chi connectivity index (χ0n) is 12.4. The van der Waals surface area contributed by atoms with Gasteiger partial charge in [0.15, 0.2) is 18.0 Å². The number of benzene rings is 1. The fraction of sp³-hybridized carbons (Fsp3) is 0.200. The number of rotatable bonds is 4. The van der Waals surface area contributed by atoms with Crippen molar-refractivity contribution in [3.05, 3.63) is 41.6 Å². The minimum Gasteiger partial charge on any atom is -0.450 e. The Balaban J connectivity index is 1.83. The van der Waals surface area contributed by atoms with Gasteiger partial charge in [0.1, 0.15) is 11.9 Å². The van der Waals surface area contributed by atoms with Crippen LogP contribution < -0.4 is 10.1 Å². The molecule has 25 heavy (non-hydrogen) atoms. The Morgan fingerprint density at radius 3 is 2.52 bits per heavy atom. The number of epoxide rings is 1. The van der Waals surface area contributed by atoms with Crippen LogP contribution in [0.2, 0.25) is 0 Å². The number of hydrogen-bond donors (Lipinski definition) is 3. The second-order valence-electron chi connectivity index (χ2n) is 5.15. The molecule has 130 valence electrons. The van der Waals surface area contributed by atoms with Gasteiger partial charge in [-0.15, -0.1) is 0 Å². The third kappa shape index (κ3) is 3.43. The fourth-order valence-electron chi connectivity index (χ4n) is 2.46. The summed E-state index contributed by atoms with van der Waals surface area (Å²) in [4.78, 5) is 45.6. The second kappa shape index (κ2) is 6.24. The van der Waals surface area contributed by atoms with Gasteiger partial charge in [0.25, 0.3) is 5.91 Å². The number of carbonyl (C=O) groups excluding carboxylic acids is 2. The van der Waals surface area contributed by atoms with Gasteiger partial charge in [0.05, 0.1) is 11.3 Å². The molecular formula is C15H11NO9. The van der Waals surface area contributed by atoms with Gasteiger partial charge in [-0.3, -0.25) is 9.59 Å². The fourth-order valence-corrected chi connectivity index (χ4v) is 2.46. The molecule has 1 aliphatic carbocycles. The number of para-hydroxylation sites is 1. The largest absolute Gasteiger partial charge is 0.511 e. The average Bonchev–Trinajstić information content (AvgIpc) is 3.32. The van der Waals surface area contributed by atoms with Crippen LogP contribution in [0.1, 0.15) is 10.4 Å². The van der Waals surface area contributed by atoms with E-state index in [0.717, 1.165) is 6.08 Å². The second-order valence-corrected chi connectivity index (χ2v) is 5.15. The van der Waals surface area contributed by atoms with Crippen molar-refractivity contribution in [1.82, 2.24) is 5.32 Å². The predicted molar refractivity (Wildman–Crippen MR) is 77.2 cm³/mol. The van der Waals surface area contributed by atoms with E-state index in [-0.39, 0.29) is 17.0 Å². The van der Waals surface area contributed by atoms with E-state index >= 15 is 0 Å². The van der Waals surface area contributed by atoms with E-state index in [4.69, 9.17) is 14.9 Å². The third-order valence-corrected chi connectivity index (χ3v) is 3.52. The lowest BCUT2D eigenvalue weighted by atomic mass is 10.00. The average molecular weight is 349 g/mol. The van der Waals surface area contributed by atoms with Crippen LogP contribution in [0, 0.1) is 0 Å². The van der Waals surface area contributed by atoms with Crippen LogP contribution in [0.3, 0.4) is 0 Å². The summed E-state index contributed by atoms with van der Waals surface area (Å²) in [5.74, 6) is -1.44. The molecule has 0 aromatic heterocycles. The van der Waals surface area contributed by atoms with Crippen LogP contribution in [0.15, 0.2) is 36.0 Å². The van der Waals surface area contributed by atoms with Crippen molar-refractivity contribution in [2.24, 2.45) is 0 Å². The molecule has 3 unspecified atom stereocenters. The molecule has 1 heterocycles. The van der Waals surface area contributed by atoms with Crippen LogP contribution in [-0.4, -0.2) is 52.5 Å². The number of carbonyl (C=O) groups is 4. The Hall–Kier alpha value is -3.40. The van der Waals surface area contributed by atoms with Crippen LogP contribution in [0.5, 0.6) is 5.75 Å². The zero-order valence-corrected chi connectivity index (χ0v) is 12.4. The predicted octanol–water partition coefficient (Wildman–Crippen LogP) is 0.770. The summed E-state index contributed by atoms with van der Waals surface area (Å²) in [6.45, 7) is 0. The minimum atomic E-state index is -1.60. The molecule has 1 aliphatic heterocycles. The van der Waals surface area contributed by atoms with Crippen molar-refractivity contribution in [3.63, 3.8) is 0 Å². The zero-order chi connectivity index (χ0) is 18.1. The topological polar surface area (TPSA) is 152 Å². The summed E-state index contributed by atoms with van der Waals surface area (Å²) in [7, 11) is 0. The Morgan fingerprint density at radius 1 is 1.12 bits per heavy atom. The van der Waals surface area contributed by atoms with Gasteiger partial charge in [-0.25, -0.2) is 9.59 Å². The normalized spacial score (nSPS) is 23.8. The van der Waals surface area contributed by atoms with Crippen LogP contribution >= 0.6 is 0 Å². The molecule has 3 N–H and O–H groups in total. The molecule has 10 nitrogen and oxygen atoms in total. The van der Waals surface area contributed by atoms with Gasteiger partial charge >= 0.3 is 12.3 Å². The van der Waals surface area contributed by atoms with Gasteiger partial charge < -0.3 is 29.7 Å².